The van der Waals surface area contributed by atoms with Crippen LogP contribution in [0.1, 0.15) is 81.0 Å². The van der Waals surface area contributed by atoms with E-state index in [0.717, 1.165) is 50.7 Å². The highest BCUT2D eigenvalue weighted by atomic mass is 16.6. The van der Waals surface area contributed by atoms with Crippen LogP contribution >= 0.6 is 0 Å². The van der Waals surface area contributed by atoms with Crippen LogP contribution in [0.3, 0.4) is 0 Å². The Kier molecular flexibility index (Phi) is 8.67. The van der Waals surface area contributed by atoms with Crippen LogP contribution in [0.15, 0.2) is 18.2 Å². The molecule has 0 spiro atoms. The fraction of sp³-hybridized carbons (Fsp3) is 0.690. The Bertz CT molecular complexity index is 998. The van der Waals surface area contributed by atoms with Gasteiger partial charge in [0.15, 0.2) is 6.29 Å². The zero-order chi connectivity index (χ0) is 27.6. The summed E-state index contributed by atoms with van der Waals surface area (Å²) in [5, 5.41) is 0. The molecule has 0 radical (unpaired) electrons. The Labute approximate surface area is 226 Å². The molecule has 2 heterocycles. The summed E-state index contributed by atoms with van der Waals surface area (Å²) in [6.45, 7) is 13.3. The van der Waals surface area contributed by atoms with Gasteiger partial charge in [-0.3, -0.25) is 9.69 Å². The molecule has 2 saturated heterocycles. The van der Waals surface area contributed by atoms with Gasteiger partial charge in [-0.1, -0.05) is 0 Å². The summed E-state index contributed by atoms with van der Waals surface area (Å²) in [7, 11) is 1.32. The minimum atomic E-state index is -0.500. The number of anilines is 1. The normalized spacial score (nSPS) is 27.0. The highest BCUT2D eigenvalue weighted by Gasteiger charge is 2.41. The van der Waals surface area contributed by atoms with Crippen molar-refractivity contribution < 1.29 is 28.6 Å². The molecule has 1 aromatic carbocycles. The van der Waals surface area contributed by atoms with Crippen LogP contribution < -0.4 is 4.90 Å². The van der Waals surface area contributed by atoms with Crippen molar-refractivity contribution in [1.82, 2.24) is 9.80 Å². The fourth-order valence-corrected chi connectivity index (χ4v) is 6.00. The highest BCUT2D eigenvalue weighted by molar-refractivity contribution is 5.99. The number of piperazine rings is 1. The molecule has 0 unspecified atom stereocenters. The number of hydrogen-bond acceptors (Lipinski definition) is 8. The van der Waals surface area contributed by atoms with Crippen LogP contribution in [0.2, 0.25) is 0 Å². The fourth-order valence-electron chi connectivity index (χ4n) is 6.00. The van der Waals surface area contributed by atoms with Crippen molar-refractivity contribution in [2.24, 2.45) is 0 Å². The van der Waals surface area contributed by atoms with Crippen LogP contribution in [-0.4, -0.2) is 97.4 Å². The van der Waals surface area contributed by atoms with E-state index in [9.17, 15) is 14.4 Å². The first kappa shape index (κ1) is 28.4. The van der Waals surface area contributed by atoms with Crippen molar-refractivity contribution in [1.29, 1.82) is 0 Å². The second kappa shape index (κ2) is 11.6. The number of esters is 1. The van der Waals surface area contributed by atoms with Crippen molar-refractivity contribution in [3.8, 4) is 0 Å². The average Bonchev–Trinajstić information content (AvgIpc) is 2.84. The molecule has 9 heteroatoms. The third kappa shape index (κ3) is 6.49. The first-order chi connectivity index (χ1) is 18.0. The van der Waals surface area contributed by atoms with Gasteiger partial charge in [0.1, 0.15) is 5.60 Å². The van der Waals surface area contributed by atoms with Gasteiger partial charge in [-0.15, -0.1) is 0 Å². The second-order valence-corrected chi connectivity index (χ2v) is 12.0. The molecule has 0 bridgehead atoms. The average molecular weight is 530 g/mol. The molecular weight excluding hydrogens is 486 g/mol. The SMILES string of the molecule is COC(=O)c1ccc(N2[C@H](C)CN([C@H]3C[C@H](OC4CCN(C(=O)OC(C)(C)C)CC4)C3)C[C@@H]2C)cc1C=O. The van der Waals surface area contributed by atoms with Gasteiger partial charge in [-0.25, -0.2) is 9.59 Å². The van der Waals surface area contributed by atoms with Gasteiger partial charge in [-0.2, -0.15) is 0 Å². The molecular formula is C29H43N3O6. The Morgan fingerprint density at radius 2 is 1.63 bits per heavy atom. The molecule has 2 aliphatic heterocycles. The summed E-state index contributed by atoms with van der Waals surface area (Å²) < 4.78 is 16.7. The smallest absolute Gasteiger partial charge is 0.410 e. The lowest BCUT2D eigenvalue weighted by molar-refractivity contribution is -0.106. The molecule has 1 aromatic rings. The van der Waals surface area contributed by atoms with Crippen LogP contribution in [0.5, 0.6) is 0 Å². The lowest BCUT2D eigenvalue weighted by Gasteiger charge is -2.52. The molecule has 38 heavy (non-hydrogen) atoms. The summed E-state index contributed by atoms with van der Waals surface area (Å²) in [5.41, 5.74) is 1.12. The zero-order valence-electron chi connectivity index (χ0n) is 23.6. The number of hydrogen-bond donors (Lipinski definition) is 0. The molecule has 210 valence electrons. The van der Waals surface area contributed by atoms with E-state index < -0.39 is 11.6 Å². The maximum Gasteiger partial charge on any atom is 0.410 e. The molecule has 3 aliphatic rings. The van der Waals surface area contributed by atoms with Crippen LogP contribution in [0, 0.1) is 0 Å². The van der Waals surface area contributed by atoms with E-state index in [-0.39, 0.29) is 30.4 Å². The van der Waals surface area contributed by atoms with E-state index in [1.165, 1.54) is 7.11 Å². The van der Waals surface area contributed by atoms with Gasteiger partial charge >= 0.3 is 12.1 Å². The molecule has 3 fully saturated rings. The minimum Gasteiger partial charge on any atom is -0.465 e. The third-order valence-corrected chi connectivity index (χ3v) is 7.88. The Morgan fingerprint density at radius 1 is 1.00 bits per heavy atom. The van der Waals surface area contributed by atoms with Gasteiger partial charge in [0.05, 0.1) is 24.9 Å². The number of piperidine rings is 1. The predicted molar refractivity (Wildman–Crippen MR) is 145 cm³/mol. The van der Waals surface area contributed by atoms with E-state index in [4.69, 9.17) is 14.2 Å². The van der Waals surface area contributed by atoms with E-state index >= 15 is 0 Å². The number of likely N-dealkylation sites (tertiary alicyclic amines) is 1. The number of carbonyl (C=O) groups is 3. The summed E-state index contributed by atoms with van der Waals surface area (Å²) >= 11 is 0. The van der Waals surface area contributed by atoms with Crippen LogP contribution in [0.4, 0.5) is 10.5 Å². The number of ether oxygens (including phenoxy) is 3. The third-order valence-electron chi connectivity index (χ3n) is 7.88. The van der Waals surface area contributed by atoms with E-state index in [1.807, 2.05) is 26.8 Å². The lowest BCUT2D eigenvalue weighted by atomic mass is 9.86. The van der Waals surface area contributed by atoms with Gasteiger partial charge in [0.2, 0.25) is 0 Å². The molecule has 0 N–H and O–H groups in total. The Hall–Kier alpha value is -2.65. The van der Waals surface area contributed by atoms with Gasteiger partial charge in [0, 0.05) is 55.6 Å². The Balaban J connectivity index is 1.24. The topological polar surface area (TPSA) is 88.6 Å². The van der Waals surface area contributed by atoms with Gasteiger partial charge in [0.25, 0.3) is 0 Å². The maximum atomic E-state index is 12.3. The number of methoxy groups -OCH3 is 1. The molecule has 1 saturated carbocycles. The summed E-state index contributed by atoms with van der Waals surface area (Å²) in [6, 6.07) is 6.43. The summed E-state index contributed by atoms with van der Waals surface area (Å²) in [4.78, 5) is 42.6. The van der Waals surface area contributed by atoms with Crippen molar-refractivity contribution in [3.05, 3.63) is 29.3 Å². The number of benzene rings is 1. The first-order valence-corrected chi connectivity index (χ1v) is 13.8. The second-order valence-electron chi connectivity index (χ2n) is 12.0. The molecule has 2 atom stereocenters. The first-order valence-electron chi connectivity index (χ1n) is 13.8. The molecule has 0 aromatic heterocycles. The molecule has 1 aliphatic carbocycles. The van der Waals surface area contributed by atoms with Crippen molar-refractivity contribution in [2.45, 2.75) is 96.2 Å². The molecule has 1 amide bonds. The standard InChI is InChI=1S/C29H43N3O6/c1-19-16-31(17-20(2)32(19)22-7-8-26(27(34)36-6)21(13-22)18-33)23-14-25(15-23)37-24-9-11-30(12-10-24)28(35)38-29(3,4)5/h7-8,13,18-20,23-25H,9-12,14-17H2,1-6H3/t19-,20+,23-,25-. The van der Waals surface area contributed by atoms with Crippen molar-refractivity contribution >= 4 is 24.0 Å². The Morgan fingerprint density at radius 3 is 2.18 bits per heavy atom. The van der Waals surface area contributed by atoms with Crippen molar-refractivity contribution in [3.63, 3.8) is 0 Å². The zero-order valence-corrected chi connectivity index (χ0v) is 23.6. The minimum absolute atomic E-state index is 0.203. The lowest BCUT2D eigenvalue weighted by Crippen LogP contribution is -2.62. The monoisotopic (exact) mass is 529 g/mol. The largest absolute Gasteiger partial charge is 0.465 e. The van der Waals surface area contributed by atoms with Crippen molar-refractivity contribution in [2.75, 3.05) is 38.2 Å². The summed E-state index contributed by atoms with van der Waals surface area (Å²) in [5.74, 6) is -0.500. The number of amides is 1. The molecule has 9 nitrogen and oxygen atoms in total. The summed E-state index contributed by atoms with van der Waals surface area (Å²) in [6.07, 6.45) is 4.75. The number of carbonyl (C=O) groups excluding carboxylic acids is 3. The van der Waals surface area contributed by atoms with Gasteiger partial charge in [-0.05, 0) is 78.5 Å². The predicted octanol–water partition coefficient (Wildman–Crippen LogP) is 4.13. The highest BCUT2D eigenvalue weighted by Crippen LogP contribution is 2.35. The van der Waals surface area contributed by atoms with E-state index in [1.54, 1.807) is 17.0 Å². The molecule has 4 rings (SSSR count). The van der Waals surface area contributed by atoms with Gasteiger partial charge < -0.3 is 24.0 Å². The number of aldehydes is 1. The maximum absolute atomic E-state index is 12.3. The number of nitrogens with zero attached hydrogens (tertiary/aromatic N) is 3. The van der Waals surface area contributed by atoms with Crippen LogP contribution in [-0.2, 0) is 14.2 Å². The quantitative estimate of drug-likeness (QED) is 0.402. The number of rotatable bonds is 6. The van der Waals surface area contributed by atoms with Crippen LogP contribution in [0.25, 0.3) is 0 Å². The van der Waals surface area contributed by atoms with E-state index in [0.29, 0.717) is 30.3 Å². The van der Waals surface area contributed by atoms with E-state index in [2.05, 4.69) is 23.6 Å².